The van der Waals surface area contributed by atoms with E-state index >= 15 is 0 Å². The Morgan fingerprint density at radius 2 is 1.75 bits per heavy atom. The van der Waals surface area contributed by atoms with Crippen molar-refractivity contribution in [3.8, 4) is 0 Å². The Morgan fingerprint density at radius 3 is 2.41 bits per heavy atom. The molecule has 2 N–H and O–H groups in total. The van der Waals surface area contributed by atoms with Crippen LogP contribution in [0.4, 0.5) is 10.5 Å². The van der Waals surface area contributed by atoms with Crippen LogP contribution in [-0.4, -0.2) is 56.7 Å². The van der Waals surface area contributed by atoms with Crippen molar-refractivity contribution in [1.29, 1.82) is 0 Å². The molecule has 0 aliphatic carbocycles. The quantitative estimate of drug-likeness (QED) is 0.708. The predicted octanol–water partition coefficient (Wildman–Crippen LogP) is 2.91. The van der Waals surface area contributed by atoms with Crippen molar-refractivity contribution in [3.05, 3.63) is 76.5 Å². The van der Waals surface area contributed by atoms with E-state index in [1.165, 1.54) is 18.4 Å². The number of methoxy groups -OCH3 is 1. The van der Waals surface area contributed by atoms with Crippen LogP contribution in [0.15, 0.2) is 59.8 Å². The molecule has 2 aromatic rings. The zero-order valence-electron chi connectivity index (χ0n) is 18.9. The van der Waals surface area contributed by atoms with Gasteiger partial charge in [0.05, 0.1) is 18.7 Å². The average molecular weight is 435 g/mol. The van der Waals surface area contributed by atoms with Crippen molar-refractivity contribution in [2.75, 3.05) is 44.7 Å². The lowest BCUT2D eigenvalue weighted by atomic mass is 9.94. The topological polar surface area (TPSA) is 73.9 Å². The lowest BCUT2D eigenvalue weighted by molar-refractivity contribution is -0.136. The third-order valence-corrected chi connectivity index (χ3v) is 6.09. The summed E-state index contributed by atoms with van der Waals surface area (Å²) in [4.78, 5) is 29.8. The Hall–Kier alpha value is -3.32. The van der Waals surface area contributed by atoms with Crippen LogP contribution < -0.4 is 15.5 Å². The first kappa shape index (κ1) is 21.9. The van der Waals surface area contributed by atoms with Crippen molar-refractivity contribution in [2.24, 2.45) is 0 Å². The first-order valence-corrected chi connectivity index (χ1v) is 10.9. The third-order valence-electron chi connectivity index (χ3n) is 6.09. The van der Waals surface area contributed by atoms with Gasteiger partial charge in [-0.1, -0.05) is 42.0 Å². The minimum absolute atomic E-state index is 0.309. The number of carbonyl (C=O) groups is 2. The molecule has 0 bridgehead atoms. The standard InChI is InChI=1S/C25H30N4O3/c1-17-7-9-19(10-8-17)23-22(24(30)32-3)21(26-25(31)27-23)16-28-11-13-29(14-12-28)20-6-4-5-18(2)15-20/h4-10,15,23H,11-14,16H2,1-3H3,(H2,26,27,31)/t23-/m0/s1. The second-order valence-electron chi connectivity index (χ2n) is 8.43. The van der Waals surface area contributed by atoms with Crippen molar-refractivity contribution in [3.63, 3.8) is 0 Å². The molecule has 0 aromatic heterocycles. The number of nitrogens with zero attached hydrogens (tertiary/aromatic N) is 2. The number of nitrogens with one attached hydrogen (secondary N) is 2. The first-order valence-electron chi connectivity index (χ1n) is 10.9. The summed E-state index contributed by atoms with van der Waals surface area (Å²) in [7, 11) is 1.37. The van der Waals surface area contributed by atoms with Crippen molar-refractivity contribution in [2.45, 2.75) is 19.9 Å². The van der Waals surface area contributed by atoms with E-state index in [1.807, 2.05) is 31.2 Å². The molecule has 0 spiro atoms. The Morgan fingerprint density at radius 1 is 1.03 bits per heavy atom. The maximum atomic E-state index is 12.7. The Labute approximate surface area is 189 Å². The number of benzene rings is 2. The lowest BCUT2D eigenvalue weighted by Crippen LogP contribution is -2.51. The maximum absolute atomic E-state index is 12.7. The van der Waals surface area contributed by atoms with Gasteiger partial charge in [0.15, 0.2) is 0 Å². The molecule has 0 unspecified atom stereocenters. The highest BCUT2D eigenvalue weighted by molar-refractivity contribution is 5.95. The van der Waals surface area contributed by atoms with Gasteiger partial charge in [0, 0.05) is 44.1 Å². The number of ether oxygens (including phenoxy) is 1. The molecule has 32 heavy (non-hydrogen) atoms. The Balaban J connectivity index is 1.54. The van der Waals surface area contributed by atoms with Gasteiger partial charge in [-0.25, -0.2) is 9.59 Å². The van der Waals surface area contributed by atoms with E-state index in [9.17, 15) is 9.59 Å². The molecule has 2 aliphatic rings. The predicted molar refractivity (Wildman–Crippen MR) is 124 cm³/mol. The number of hydrogen-bond donors (Lipinski definition) is 2. The highest BCUT2D eigenvalue weighted by Crippen LogP contribution is 2.28. The van der Waals surface area contributed by atoms with E-state index in [0.717, 1.165) is 37.3 Å². The third kappa shape index (κ3) is 4.78. The van der Waals surface area contributed by atoms with Crippen LogP contribution in [0.1, 0.15) is 22.7 Å². The Kier molecular flexibility index (Phi) is 6.46. The zero-order valence-corrected chi connectivity index (χ0v) is 18.9. The minimum Gasteiger partial charge on any atom is -0.466 e. The van der Waals surface area contributed by atoms with E-state index in [2.05, 4.69) is 51.6 Å². The largest absolute Gasteiger partial charge is 0.466 e. The summed E-state index contributed by atoms with van der Waals surface area (Å²) < 4.78 is 5.09. The van der Waals surface area contributed by atoms with Crippen LogP contribution in [0.5, 0.6) is 0 Å². The molecule has 2 amide bonds. The van der Waals surface area contributed by atoms with E-state index in [1.54, 1.807) is 0 Å². The molecule has 1 saturated heterocycles. The fraction of sp³-hybridized carbons (Fsp3) is 0.360. The molecular weight excluding hydrogens is 404 g/mol. The summed E-state index contributed by atoms with van der Waals surface area (Å²) in [5.41, 5.74) is 5.51. The van der Waals surface area contributed by atoms with Crippen LogP contribution in [0, 0.1) is 13.8 Å². The highest BCUT2D eigenvalue weighted by atomic mass is 16.5. The van der Waals surface area contributed by atoms with Gasteiger partial charge in [-0.05, 0) is 37.1 Å². The van der Waals surface area contributed by atoms with Crippen LogP contribution in [-0.2, 0) is 9.53 Å². The molecule has 2 aliphatic heterocycles. The number of carbonyl (C=O) groups excluding carboxylic acids is 2. The molecule has 7 nitrogen and oxygen atoms in total. The fourth-order valence-electron chi connectivity index (χ4n) is 4.32. The minimum atomic E-state index is -0.541. The number of rotatable bonds is 5. The monoisotopic (exact) mass is 434 g/mol. The van der Waals surface area contributed by atoms with Gasteiger partial charge in [0.2, 0.25) is 0 Å². The number of hydrogen-bond acceptors (Lipinski definition) is 5. The molecule has 2 aromatic carbocycles. The summed E-state index contributed by atoms with van der Waals surface area (Å²) in [5, 5.41) is 5.75. The van der Waals surface area contributed by atoms with Gasteiger partial charge in [0.1, 0.15) is 0 Å². The number of anilines is 1. The van der Waals surface area contributed by atoms with E-state index in [0.29, 0.717) is 17.8 Å². The number of amides is 2. The molecule has 168 valence electrons. The number of piperazine rings is 1. The highest BCUT2D eigenvalue weighted by Gasteiger charge is 2.34. The first-order chi connectivity index (χ1) is 15.4. The van der Waals surface area contributed by atoms with Crippen molar-refractivity contribution < 1.29 is 14.3 Å². The van der Waals surface area contributed by atoms with E-state index in [-0.39, 0.29) is 6.03 Å². The number of urea groups is 1. The van der Waals surface area contributed by atoms with Gasteiger partial charge in [0.25, 0.3) is 0 Å². The average Bonchev–Trinajstić information content (AvgIpc) is 2.79. The molecule has 4 rings (SSSR count). The maximum Gasteiger partial charge on any atom is 0.338 e. The molecule has 0 saturated carbocycles. The SMILES string of the molecule is COC(=O)C1=C(CN2CCN(c3cccc(C)c3)CC2)NC(=O)N[C@H]1c1ccc(C)cc1. The summed E-state index contributed by atoms with van der Waals surface area (Å²) in [6, 6.07) is 15.5. The van der Waals surface area contributed by atoms with Gasteiger partial charge in [-0.3, -0.25) is 4.90 Å². The number of esters is 1. The van der Waals surface area contributed by atoms with Crippen molar-refractivity contribution >= 4 is 17.7 Å². The smallest absolute Gasteiger partial charge is 0.338 e. The molecule has 1 atom stereocenters. The normalized spacial score (nSPS) is 19.4. The van der Waals surface area contributed by atoms with Crippen LogP contribution in [0.25, 0.3) is 0 Å². The summed E-state index contributed by atoms with van der Waals surface area (Å²) in [5.74, 6) is -0.434. The molecule has 0 radical (unpaired) electrons. The lowest BCUT2D eigenvalue weighted by Gasteiger charge is -2.38. The molecule has 7 heteroatoms. The van der Waals surface area contributed by atoms with Crippen LogP contribution in [0.2, 0.25) is 0 Å². The van der Waals surface area contributed by atoms with Crippen LogP contribution in [0.3, 0.4) is 0 Å². The summed E-state index contributed by atoms with van der Waals surface area (Å²) >= 11 is 0. The zero-order chi connectivity index (χ0) is 22.7. The van der Waals surface area contributed by atoms with Crippen molar-refractivity contribution in [1.82, 2.24) is 15.5 Å². The number of aryl methyl sites for hydroxylation is 2. The molecule has 2 heterocycles. The van der Waals surface area contributed by atoms with Gasteiger partial charge >= 0.3 is 12.0 Å². The van der Waals surface area contributed by atoms with Gasteiger partial charge in [-0.15, -0.1) is 0 Å². The fourth-order valence-corrected chi connectivity index (χ4v) is 4.32. The van der Waals surface area contributed by atoms with Gasteiger partial charge < -0.3 is 20.3 Å². The molecule has 1 fully saturated rings. The summed E-state index contributed by atoms with van der Waals surface area (Å²) in [6.45, 7) is 8.04. The van der Waals surface area contributed by atoms with Gasteiger partial charge in [-0.2, -0.15) is 0 Å². The van der Waals surface area contributed by atoms with E-state index < -0.39 is 12.0 Å². The van der Waals surface area contributed by atoms with E-state index in [4.69, 9.17) is 4.74 Å². The summed E-state index contributed by atoms with van der Waals surface area (Å²) in [6.07, 6.45) is 0. The second kappa shape index (κ2) is 9.44. The second-order valence-corrected chi connectivity index (χ2v) is 8.43. The van der Waals surface area contributed by atoms with Crippen LogP contribution >= 0.6 is 0 Å². The Bertz CT molecular complexity index is 1020. The molecular formula is C25H30N4O3.